The van der Waals surface area contributed by atoms with E-state index in [-0.39, 0.29) is 53.5 Å². The number of benzene rings is 4. The molecule has 2 atom stereocenters. The van der Waals surface area contributed by atoms with Crippen LogP contribution in [0.2, 0.25) is 0 Å². The standard InChI is InChI=1S/C37H31F5N2OS2.CH3F.Pr.Ru/c1-22-10-7-8-14-31(22)45-36(47-34-26(13-9-15-32(34)46)23-11-5-4-6-12-23)35-43(30-17-16-24(38)18-27(30)40)21-37(2,3)44(35)33-28(41)19-25(39)20-29(33)42;1-2;;/h1,5,7-20,35-36,46H,4,6,21H2,2-3H3;1H3;;/q;;;+1/p-1/t35-,36+;;;/m0.../s1. The SMILES string of the molecule is CC1(C)CN(c2ccc(F)cc2F)[C@H]([C@H](Oc2ccccc2[CH]=[Ru+])Sc2c([S-])cccc2C2=CCCC=C2)N1c1c(F)cc(F)cc1F.CF.[Pr]. The van der Waals surface area contributed by atoms with Crippen LogP contribution in [0, 0.1) is 70.4 Å². The summed E-state index contributed by atoms with van der Waals surface area (Å²) < 4.78 is 93.9. The fourth-order valence-electron chi connectivity index (χ4n) is 6.23. The number of para-hydroxylation sites is 1. The molecule has 4 aromatic carbocycles. The van der Waals surface area contributed by atoms with Crippen LogP contribution in [0.15, 0.2) is 101 Å². The minimum absolute atomic E-state index is 0. The van der Waals surface area contributed by atoms with Crippen LogP contribution in [0.5, 0.6) is 5.75 Å². The Labute approximate surface area is 347 Å². The summed E-state index contributed by atoms with van der Waals surface area (Å²) in [5, 5.41) is 0. The zero-order chi connectivity index (χ0) is 36.2. The molecule has 266 valence electrons. The van der Waals surface area contributed by atoms with Gasteiger partial charge in [-0.3, -0.25) is 4.39 Å². The molecule has 2 aliphatic rings. The predicted octanol–water partition coefficient (Wildman–Crippen LogP) is 9.93. The average Bonchev–Trinajstić information content (AvgIpc) is 3.36. The third-order valence-corrected chi connectivity index (χ3v) is 10.5. The number of hydrogen-bond donors (Lipinski definition) is 0. The van der Waals surface area contributed by atoms with Crippen molar-refractivity contribution in [2.45, 2.75) is 53.6 Å². The van der Waals surface area contributed by atoms with Crippen molar-refractivity contribution in [1.29, 1.82) is 0 Å². The van der Waals surface area contributed by atoms with E-state index in [0.29, 0.717) is 34.9 Å². The maximum absolute atomic E-state index is 15.8. The first-order chi connectivity index (χ1) is 24.0. The Morgan fingerprint density at radius 3 is 2.24 bits per heavy atom. The van der Waals surface area contributed by atoms with E-state index in [2.05, 4.69) is 30.0 Å². The van der Waals surface area contributed by atoms with Gasteiger partial charge in [0.25, 0.3) is 0 Å². The Balaban J connectivity index is 0.00000191. The fourth-order valence-corrected chi connectivity index (χ4v) is 8.25. The molecule has 4 aromatic rings. The minimum atomic E-state index is -1.13. The Hall–Kier alpha value is -2.23. The molecule has 1 radical (unpaired) electrons. The molecule has 0 saturated carbocycles. The van der Waals surface area contributed by atoms with Crippen LogP contribution in [-0.4, -0.2) is 35.5 Å². The van der Waals surface area contributed by atoms with Gasteiger partial charge in [0, 0.05) is 41.3 Å². The number of rotatable bonds is 9. The van der Waals surface area contributed by atoms with E-state index in [9.17, 15) is 13.2 Å². The number of nitrogens with zero attached hydrogens (tertiary/aromatic N) is 2. The number of halogens is 6. The van der Waals surface area contributed by atoms with Crippen LogP contribution >= 0.6 is 11.8 Å². The van der Waals surface area contributed by atoms with E-state index in [0.717, 1.165) is 41.7 Å². The Bertz CT molecular complexity index is 1920. The molecule has 1 fully saturated rings. The smallest absolute Gasteiger partial charge is 0.0785 e. The number of hydrogen-bond acceptors (Lipinski definition) is 5. The molecule has 0 N–H and O–H groups in total. The molecule has 3 nitrogen and oxygen atoms in total. The zero-order valence-corrected chi connectivity index (χ0v) is 34.9. The van der Waals surface area contributed by atoms with Gasteiger partial charge in [0.15, 0.2) is 0 Å². The van der Waals surface area contributed by atoms with Crippen molar-refractivity contribution in [3.05, 3.63) is 131 Å². The molecule has 0 spiro atoms. The van der Waals surface area contributed by atoms with E-state index in [1.54, 1.807) is 41.6 Å². The molecule has 0 amide bonds. The average molecular weight is 954 g/mol. The van der Waals surface area contributed by atoms with Gasteiger partial charge in [0.1, 0.15) is 0 Å². The Morgan fingerprint density at radius 2 is 1.59 bits per heavy atom. The molecule has 1 saturated heterocycles. The maximum Gasteiger partial charge on any atom is 0.0785 e. The number of allylic oxidation sites excluding steroid dienone is 4. The van der Waals surface area contributed by atoms with Gasteiger partial charge in [0.2, 0.25) is 0 Å². The number of ether oxygens (including phenoxy) is 1. The summed E-state index contributed by atoms with van der Waals surface area (Å²) in [6, 6.07) is 17.3. The van der Waals surface area contributed by atoms with Crippen molar-refractivity contribution in [3.63, 3.8) is 0 Å². The van der Waals surface area contributed by atoms with Crippen molar-refractivity contribution in [2.24, 2.45) is 0 Å². The summed E-state index contributed by atoms with van der Waals surface area (Å²) in [5.74, 6) is -4.51. The second kappa shape index (κ2) is 18.2. The minimum Gasteiger partial charge on any atom is -0.255 e. The topological polar surface area (TPSA) is 15.7 Å². The van der Waals surface area contributed by atoms with Crippen LogP contribution in [0.3, 0.4) is 0 Å². The molecular weight excluding hydrogens is 921 g/mol. The van der Waals surface area contributed by atoms with E-state index >= 15 is 13.2 Å². The van der Waals surface area contributed by atoms with Crippen LogP contribution < -0.4 is 14.5 Å². The third-order valence-electron chi connectivity index (χ3n) is 8.27. The van der Waals surface area contributed by atoms with Crippen LogP contribution in [0.4, 0.5) is 37.7 Å². The van der Waals surface area contributed by atoms with Crippen molar-refractivity contribution in [3.8, 4) is 5.75 Å². The number of alkyl halides is 1. The van der Waals surface area contributed by atoms with Crippen molar-refractivity contribution < 1.29 is 90.2 Å². The Morgan fingerprint density at radius 1 is 0.902 bits per heavy atom. The normalized spacial score (nSPS) is 16.8. The van der Waals surface area contributed by atoms with Crippen molar-refractivity contribution in [1.82, 2.24) is 0 Å². The van der Waals surface area contributed by atoms with Crippen LogP contribution in [-0.2, 0) is 30.5 Å². The van der Waals surface area contributed by atoms with Gasteiger partial charge in [-0.2, -0.15) is 0 Å². The van der Waals surface area contributed by atoms with Crippen molar-refractivity contribution in [2.75, 3.05) is 23.5 Å². The third kappa shape index (κ3) is 9.12. The molecule has 0 bridgehead atoms. The molecule has 0 aromatic heterocycles. The zero-order valence-electron chi connectivity index (χ0n) is 27.8. The predicted molar refractivity (Wildman–Crippen MR) is 188 cm³/mol. The molecule has 6 rings (SSSR count). The number of anilines is 2. The summed E-state index contributed by atoms with van der Waals surface area (Å²) in [6.07, 6.45) is 6.86. The molecule has 1 aliphatic carbocycles. The molecule has 51 heavy (non-hydrogen) atoms. The first-order valence-electron chi connectivity index (χ1n) is 15.5. The molecular formula is C38H33F6N2OPrRuS2. The van der Waals surface area contributed by atoms with Gasteiger partial charge in [0.05, 0.1) is 7.18 Å². The number of thioether (sulfide) groups is 1. The monoisotopic (exact) mass is 954 g/mol. The molecule has 0 unspecified atom stereocenters. The first-order valence-corrected chi connectivity index (χ1v) is 17.8. The van der Waals surface area contributed by atoms with Crippen molar-refractivity contribution >= 4 is 45.9 Å². The van der Waals surface area contributed by atoms with E-state index in [1.165, 1.54) is 22.7 Å². The quantitative estimate of drug-likeness (QED) is 0.0545. The second-order valence-electron chi connectivity index (χ2n) is 12.1. The molecule has 1 aliphatic heterocycles. The summed E-state index contributed by atoms with van der Waals surface area (Å²) in [7, 11) is 0.500. The fraction of sp³-hybridized carbons (Fsp3) is 0.237. The summed E-state index contributed by atoms with van der Waals surface area (Å²) >= 11 is 9.55. The first kappa shape index (κ1) is 41.5. The van der Waals surface area contributed by atoms with E-state index in [4.69, 9.17) is 17.4 Å². The van der Waals surface area contributed by atoms with Gasteiger partial charge < -0.3 is 0 Å². The maximum atomic E-state index is 15.8. The van der Waals surface area contributed by atoms with E-state index in [1.807, 2.05) is 30.3 Å². The van der Waals surface area contributed by atoms with Gasteiger partial charge in [-0.05, 0) is 0 Å². The molecule has 13 heteroatoms. The van der Waals surface area contributed by atoms with Crippen LogP contribution in [0.25, 0.3) is 5.57 Å². The van der Waals surface area contributed by atoms with Gasteiger partial charge in [-0.25, -0.2) is 0 Å². The van der Waals surface area contributed by atoms with Gasteiger partial charge in [-0.15, -0.1) is 0 Å². The summed E-state index contributed by atoms with van der Waals surface area (Å²) in [4.78, 5) is 4.30. The van der Waals surface area contributed by atoms with E-state index < -0.39 is 51.9 Å². The van der Waals surface area contributed by atoms with Gasteiger partial charge in [-0.1, -0.05) is 0 Å². The Kier molecular flexibility index (Phi) is 14.8. The largest absolute Gasteiger partial charge is 0.255 e. The van der Waals surface area contributed by atoms with Gasteiger partial charge >= 0.3 is 297 Å². The summed E-state index contributed by atoms with van der Waals surface area (Å²) in [5.41, 5.74) is -0.0613. The van der Waals surface area contributed by atoms with Crippen LogP contribution in [0.1, 0.15) is 37.8 Å². The molecule has 1 heterocycles. The second-order valence-corrected chi connectivity index (χ2v) is 14.1. The summed E-state index contributed by atoms with van der Waals surface area (Å²) in [6.45, 7) is 3.55.